The van der Waals surface area contributed by atoms with E-state index in [0.29, 0.717) is 12.4 Å². The Morgan fingerprint density at radius 2 is 2.53 bits per heavy atom. The number of hydrogen-bond acceptors (Lipinski definition) is 6. The quantitative estimate of drug-likeness (QED) is 0.340. The van der Waals surface area contributed by atoms with Crippen LogP contribution < -0.4 is 0 Å². The van der Waals surface area contributed by atoms with Crippen LogP contribution in [0.25, 0.3) is 10.4 Å². The molecule has 1 unspecified atom stereocenters. The van der Waals surface area contributed by atoms with Crippen molar-refractivity contribution in [1.29, 1.82) is 0 Å². The van der Waals surface area contributed by atoms with Gasteiger partial charge in [0, 0.05) is 4.91 Å². The lowest BCUT2D eigenvalue weighted by Gasteiger charge is -1.96. The van der Waals surface area contributed by atoms with Crippen molar-refractivity contribution in [2.45, 2.75) is 19.9 Å². The molecule has 0 aliphatic carbocycles. The maximum Gasteiger partial charge on any atom is 0.369 e. The van der Waals surface area contributed by atoms with Crippen LogP contribution in [-0.4, -0.2) is 21.9 Å². The van der Waals surface area contributed by atoms with Crippen LogP contribution in [0.4, 0.5) is 0 Å². The summed E-state index contributed by atoms with van der Waals surface area (Å²) in [5.74, 6) is -0.171. The monoisotopic (exact) mass is 227 g/mol. The van der Waals surface area contributed by atoms with Gasteiger partial charge in [0.1, 0.15) is 0 Å². The fraction of sp³-hybridized carbons (Fsp3) is 0.571. The van der Waals surface area contributed by atoms with E-state index >= 15 is 0 Å². The first-order valence-corrected chi connectivity index (χ1v) is 5.01. The molecule has 0 fully saturated rings. The highest BCUT2D eigenvalue weighted by atomic mass is 32.1. The second-order valence-corrected chi connectivity index (χ2v) is 3.31. The number of carbonyl (C=O) groups excluding carboxylic acids is 1. The summed E-state index contributed by atoms with van der Waals surface area (Å²) in [6, 6.07) is -0.477. The lowest BCUT2D eigenvalue weighted by atomic mass is 10.3. The molecule has 0 radical (unpaired) electrons. The smallest absolute Gasteiger partial charge is 0.369 e. The van der Waals surface area contributed by atoms with Gasteiger partial charge < -0.3 is 4.74 Å². The number of carbonyl (C=O) groups is 1. The van der Waals surface area contributed by atoms with Gasteiger partial charge in [0.05, 0.1) is 12.6 Å². The molecule has 0 amide bonds. The van der Waals surface area contributed by atoms with Gasteiger partial charge in [-0.25, -0.2) is 9.78 Å². The van der Waals surface area contributed by atoms with Crippen molar-refractivity contribution >= 4 is 17.5 Å². The predicted octanol–water partition coefficient (Wildman–Crippen LogP) is 2.09. The number of hydrogen-bond donors (Lipinski definition) is 0. The normalized spacial score (nSPS) is 11.6. The first kappa shape index (κ1) is 11.4. The van der Waals surface area contributed by atoms with E-state index in [9.17, 15) is 4.79 Å². The van der Waals surface area contributed by atoms with Crippen LogP contribution in [-0.2, 0) is 4.74 Å². The maximum absolute atomic E-state index is 11.2. The van der Waals surface area contributed by atoms with Gasteiger partial charge in [-0.3, -0.25) is 0 Å². The molecule has 8 heteroatoms. The van der Waals surface area contributed by atoms with E-state index in [-0.39, 0.29) is 5.01 Å². The summed E-state index contributed by atoms with van der Waals surface area (Å²) in [6.45, 7) is 3.65. The average molecular weight is 227 g/mol. The highest BCUT2D eigenvalue weighted by Gasteiger charge is 2.16. The second-order valence-electron chi connectivity index (χ2n) is 2.56. The van der Waals surface area contributed by atoms with E-state index in [1.807, 2.05) is 0 Å². The molecule has 7 nitrogen and oxygen atoms in total. The van der Waals surface area contributed by atoms with Crippen LogP contribution >= 0.6 is 11.5 Å². The topological polar surface area (TPSA) is 101 Å². The second kappa shape index (κ2) is 5.28. The van der Waals surface area contributed by atoms with E-state index in [2.05, 4.69) is 19.4 Å². The minimum atomic E-state index is -0.505. The Balaban J connectivity index is 2.80. The summed E-state index contributed by atoms with van der Waals surface area (Å²) < 4.78 is 8.65. The van der Waals surface area contributed by atoms with Gasteiger partial charge in [-0.15, -0.1) is 0 Å². The summed E-state index contributed by atoms with van der Waals surface area (Å²) in [5.41, 5.74) is 8.21. The van der Waals surface area contributed by atoms with Gasteiger partial charge in [0.25, 0.3) is 0 Å². The van der Waals surface area contributed by atoms with Crippen molar-refractivity contribution in [3.63, 3.8) is 0 Å². The van der Waals surface area contributed by atoms with Gasteiger partial charge in [-0.1, -0.05) is 5.11 Å². The molecule has 1 aromatic heterocycles. The van der Waals surface area contributed by atoms with Crippen molar-refractivity contribution in [2.75, 3.05) is 6.61 Å². The lowest BCUT2D eigenvalue weighted by molar-refractivity contribution is 0.0525. The zero-order valence-corrected chi connectivity index (χ0v) is 9.06. The van der Waals surface area contributed by atoms with Crippen molar-refractivity contribution in [1.82, 2.24) is 9.36 Å². The van der Waals surface area contributed by atoms with Crippen LogP contribution in [0, 0.1) is 0 Å². The summed E-state index contributed by atoms with van der Waals surface area (Å²) in [5, 5.41) is 3.60. The van der Waals surface area contributed by atoms with Gasteiger partial charge in [-0.05, 0) is 30.9 Å². The van der Waals surface area contributed by atoms with Crippen molar-refractivity contribution in [3.05, 3.63) is 21.3 Å². The minimum absolute atomic E-state index is 0.173. The van der Waals surface area contributed by atoms with Crippen LogP contribution in [0.3, 0.4) is 0 Å². The maximum atomic E-state index is 11.2. The Morgan fingerprint density at radius 3 is 3.13 bits per heavy atom. The average Bonchev–Trinajstić information content (AvgIpc) is 2.67. The summed E-state index contributed by atoms with van der Waals surface area (Å²) >= 11 is 0.933. The standard InChI is InChI=1S/C7H9N5O2S/c1-3-14-7(13)6-9-5(11-15-6)4(2)10-12-8/h4H,3H2,1-2H3. The van der Waals surface area contributed by atoms with Crippen molar-refractivity contribution < 1.29 is 9.53 Å². The van der Waals surface area contributed by atoms with Gasteiger partial charge in [-0.2, -0.15) is 4.37 Å². The largest absolute Gasteiger partial charge is 0.461 e. The predicted molar refractivity (Wildman–Crippen MR) is 53.4 cm³/mol. The molecule has 15 heavy (non-hydrogen) atoms. The molecule has 1 atom stereocenters. The van der Waals surface area contributed by atoms with E-state index in [1.54, 1.807) is 13.8 Å². The van der Waals surface area contributed by atoms with Crippen LogP contribution in [0.15, 0.2) is 5.11 Å². The molecule has 1 rings (SSSR count). The lowest BCUT2D eigenvalue weighted by Crippen LogP contribution is -2.04. The fourth-order valence-electron chi connectivity index (χ4n) is 0.809. The third-order valence-electron chi connectivity index (χ3n) is 1.49. The summed E-state index contributed by atoms with van der Waals surface area (Å²) in [7, 11) is 0. The molecule has 0 aromatic carbocycles. The number of esters is 1. The first-order valence-electron chi connectivity index (χ1n) is 4.24. The van der Waals surface area contributed by atoms with Crippen LogP contribution in [0.1, 0.15) is 35.5 Å². The highest BCUT2D eigenvalue weighted by Crippen LogP contribution is 2.16. The molecule has 1 aromatic rings. The number of aromatic nitrogens is 2. The summed E-state index contributed by atoms with van der Waals surface area (Å²) in [4.78, 5) is 17.8. The first-order chi connectivity index (χ1) is 7.19. The van der Waals surface area contributed by atoms with Crippen molar-refractivity contribution in [3.8, 4) is 0 Å². The number of nitrogens with zero attached hydrogens (tertiary/aromatic N) is 5. The zero-order chi connectivity index (χ0) is 11.3. The molecule has 1 heterocycles. The molecule has 0 aliphatic heterocycles. The van der Waals surface area contributed by atoms with E-state index in [0.717, 1.165) is 11.5 Å². The summed E-state index contributed by atoms with van der Waals surface area (Å²) in [6.07, 6.45) is 0. The molecular formula is C7H9N5O2S. The minimum Gasteiger partial charge on any atom is -0.461 e. The Bertz CT molecular complexity index is 398. The zero-order valence-electron chi connectivity index (χ0n) is 8.25. The molecule has 0 spiro atoms. The third kappa shape index (κ3) is 2.90. The SMILES string of the molecule is CCOC(=O)c1nc(C(C)N=[N+]=[N-])ns1. The van der Waals surface area contributed by atoms with Gasteiger partial charge in [0.2, 0.25) is 5.01 Å². The molecule has 0 N–H and O–H groups in total. The fourth-order valence-corrected chi connectivity index (χ4v) is 1.45. The third-order valence-corrected chi connectivity index (χ3v) is 2.20. The Morgan fingerprint density at radius 1 is 1.80 bits per heavy atom. The molecule has 0 aliphatic rings. The van der Waals surface area contributed by atoms with Gasteiger partial charge in [0.15, 0.2) is 5.82 Å². The Labute approximate surface area is 89.9 Å². The van der Waals surface area contributed by atoms with Crippen molar-refractivity contribution in [2.24, 2.45) is 5.11 Å². The van der Waals surface area contributed by atoms with E-state index in [4.69, 9.17) is 10.3 Å². The van der Waals surface area contributed by atoms with E-state index < -0.39 is 12.0 Å². The number of azide groups is 1. The van der Waals surface area contributed by atoms with Gasteiger partial charge >= 0.3 is 5.97 Å². The molecule has 0 saturated carbocycles. The highest BCUT2D eigenvalue weighted by molar-refractivity contribution is 7.07. The van der Waals surface area contributed by atoms with Crippen LogP contribution in [0.2, 0.25) is 0 Å². The molecule has 0 saturated heterocycles. The number of rotatable bonds is 4. The van der Waals surface area contributed by atoms with Crippen LogP contribution in [0.5, 0.6) is 0 Å². The molecule has 80 valence electrons. The Hall–Kier alpha value is -1.66. The molecule has 0 bridgehead atoms. The number of ether oxygens (including phenoxy) is 1. The van der Waals surface area contributed by atoms with E-state index in [1.165, 1.54) is 0 Å². The Kier molecular flexibility index (Phi) is 4.02. The molecular weight excluding hydrogens is 218 g/mol.